The number of nitrogens with zero attached hydrogens (tertiary/aromatic N) is 2. The summed E-state index contributed by atoms with van der Waals surface area (Å²) in [5, 5.41) is 4.08. The van der Waals surface area contributed by atoms with Crippen molar-refractivity contribution < 1.29 is 18.7 Å². The van der Waals surface area contributed by atoms with Gasteiger partial charge in [-0.05, 0) is 32.4 Å². The van der Waals surface area contributed by atoms with Gasteiger partial charge in [-0.1, -0.05) is 18.0 Å². The second kappa shape index (κ2) is 8.45. The minimum atomic E-state index is 0.233. The summed E-state index contributed by atoms with van der Waals surface area (Å²) in [6.45, 7) is 3.74. The fourth-order valence-corrected chi connectivity index (χ4v) is 3.65. The Bertz CT molecular complexity index is 729. The number of hydrogen-bond acceptors (Lipinski definition) is 6. The van der Waals surface area contributed by atoms with Crippen molar-refractivity contribution in [2.24, 2.45) is 0 Å². The predicted octanol–water partition coefficient (Wildman–Crippen LogP) is 4.13. The maximum absolute atomic E-state index is 5.61. The molecule has 0 amide bonds. The van der Waals surface area contributed by atoms with Crippen LogP contribution >= 0.6 is 0 Å². The van der Waals surface area contributed by atoms with Crippen molar-refractivity contribution >= 4 is 0 Å². The minimum Gasteiger partial charge on any atom is -0.496 e. The van der Waals surface area contributed by atoms with Crippen molar-refractivity contribution in [1.29, 1.82) is 0 Å². The largest absolute Gasteiger partial charge is 0.496 e. The molecule has 142 valence electrons. The van der Waals surface area contributed by atoms with Crippen LogP contribution in [0.3, 0.4) is 0 Å². The molecule has 0 aliphatic carbocycles. The van der Waals surface area contributed by atoms with Crippen LogP contribution in [0.25, 0.3) is 0 Å². The van der Waals surface area contributed by atoms with Crippen LogP contribution in [0.15, 0.2) is 22.7 Å². The highest BCUT2D eigenvalue weighted by molar-refractivity contribution is 5.50. The van der Waals surface area contributed by atoms with Gasteiger partial charge in [-0.15, -0.1) is 0 Å². The molecule has 26 heavy (non-hydrogen) atoms. The summed E-state index contributed by atoms with van der Waals surface area (Å²) in [5.41, 5.74) is 2.00. The van der Waals surface area contributed by atoms with Crippen molar-refractivity contribution in [3.63, 3.8) is 0 Å². The summed E-state index contributed by atoms with van der Waals surface area (Å²) < 4.78 is 22.1. The topological polar surface area (TPSA) is 57.0 Å². The number of rotatable bonds is 6. The number of likely N-dealkylation sites (tertiary alicyclic amines) is 1. The van der Waals surface area contributed by atoms with Crippen molar-refractivity contribution in [3.8, 4) is 17.2 Å². The Hall–Kier alpha value is -2.21. The Morgan fingerprint density at radius 2 is 1.73 bits per heavy atom. The molecular weight excluding hydrogens is 332 g/mol. The Kier molecular flexibility index (Phi) is 6.04. The molecule has 1 fully saturated rings. The molecule has 0 bridgehead atoms. The summed E-state index contributed by atoms with van der Waals surface area (Å²) in [7, 11) is 4.97. The van der Waals surface area contributed by atoms with Gasteiger partial charge in [-0.2, -0.15) is 0 Å². The van der Waals surface area contributed by atoms with E-state index in [1.165, 1.54) is 19.3 Å². The van der Waals surface area contributed by atoms with Crippen LogP contribution in [0.1, 0.15) is 48.7 Å². The zero-order chi connectivity index (χ0) is 18.5. The molecule has 2 aromatic rings. The van der Waals surface area contributed by atoms with E-state index in [0.717, 1.165) is 42.3 Å². The standard InChI is InChI=1S/C20H28N2O4/c1-14-10-18(26-21-14)16-8-6-5-7-9-22(16)13-15-11-19(24-3)20(25-4)12-17(15)23-2/h10-12,16H,5-9,13H2,1-4H3/t16-/m0/s1. The number of aryl methyl sites for hydroxylation is 1. The molecule has 3 rings (SSSR count). The van der Waals surface area contributed by atoms with Crippen LogP contribution < -0.4 is 14.2 Å². The number of ether oxygens (including phenoxy) is 3. The predicted molar refractivity (Wildman–Crippen MR) is 99.0 cm³/mol. The van der Waals surface area contributed by atoms with E-state index in [1.54, 1.807) is 21.3 Å². The van der Waals surface area contributed by atoms with Gasteiger partial charge >= 0.3 is 0 Å². The monoisotopic (exact) mass is 360 g/mol. The SMILES string of the molecule is COc1cc(OC)c(OC)cc1CN1CCCCC[C@H]1c1cc(C)no1. The number of benzene rings is 1. The fourth-order valence-electron chi connectivity index (χ4n) is 3.65. The average Bonchev–Trinajstić information content (AvgIpc) is 2.95. The third-order valence-corrected chi connectivity index (χ3v) is 5.00. The summed E-state index contributed by atoms with van der Waals surface area (Å²) in [4.78, 5) is 2.46. The fraction of sp³-hybridized carbons (Fsp3) is 0.550. The van der Waals surface area contributed by atoms with Gasteiger partial charge in [0, 0.05) is 24.2 Å². The molecular formula is C20H28N2O4. The zero-order valence-electron chi connectivity index (χ0n) is 16.1. The highest BCUT2D eigenvalue weighted by Gasteiger charge is 2.27. The molecule has 1 saturated heterocycles. The molecule has 0 radical (unpaired) electrons. The van der Waals surface area contributed by atoms with Gasteiger partial charge in [0.2, 0.25) is 0 Å². The van der Waals surface area contributed by atoms with E-state index in [9.17, 15) is 0 Å². The molecule has 0 N–H and O–H groups in total. The first-order valence-electron chi connectivity index (χ1n) is 9.12. The summed E-state index contributed by atoms with van der Waals surface area (Å²) >= 11 is 0. The average molecular weight is 360 g/mol. The van der Waals surface area contributed by atoms with Crippen molar-refractivity contribution in [2.75, 3.05) is 27.9 Å². The van der Waals surface area contributed by atoms with Gasteiger partial charge in [0.25, 0.3) is 0 Å². The van der Waals surface area contributed by atoms with E-state index >= 15 is 0 Å². The van der Waals surface area contributed by atoms with E-state index in [-0.39, 0.29) is 6.04 Å². The molecule has 1 atom stereocenters. The van der Waals surface area contributed by atoms with Crippen LogP contribution in [0.2, 0.25) is 0 Å². The number of aromatic nitrogens is 1. The van der Waals surface area contributed by atoms with Gasteiger partial charge in [0.15, 0.2) is 17.3 Å². The van der Waals surface area contributed by atoms with Gasteiger partial charge in [-0.25, -0.2) is 0 Å². The van der Waals surface area contributed by atoms with E-state index in [4.69, 9.17) is 18.7 Å². The Morgan fingerprint density at radius 1 is 1.00 bits per heavy atom. The molecule has 1 aliphatic rings. The Morgan fingerprint density at radius 3 is 2.38 bits per heavy atom. The lowest BCUT2D eigenvalue weighted by Gasteiger charge is -2.29. The summed E-state index contributed by atoms with van der Waals surface area (Å²) in [6, 6.07) is 6.18. The molecule has 6 nitrogen and oxygen atoms in total. The van der Waals surface area contributed by atoms with Gasteiger partial charge in [0.05, 0.1) is 33.1 Å². The Balaban J connectivity index is 1.91. The smallest absolute Gasteiger partial charge is 0.164 e. The van der Waals surface area contributed by atoms with Crippen LogP contribution in [-0.4, -0.2) is 37.9 Å². The summed E-state index contributed by atoms with van der Waals surface area (Å²) in [5.74, 6) is 3.14. The van der Waals surface area contributed by atoms with E-state index < -0.39 is 0 Å². The second-order valence-electron chi connectivity index (χ2n) is 6.73. The van der Waals surface area contributed by atoms with E-state index in [0.29, 0.717) is 11.5 Å². The third-order valence-electron chi connectivity index (χ3n) is 5.00. The van der Waals surface area contributed by atoms with Crippen LogP contribution in [0, 0.1) is 6.92 Å². The van der Waals surface area contributed by atoms with Crippen LogP contribution in [0.5, 0.6) is 17.2 Å². The maximum atomic E-state index is 5.61. The molecule has 1 aliphatic heterocycles. The normalized spacial score (nSPS) is 18.4. The highest BCUT2D eigenvalue weighted by Crippen LogP contribution is 2.38. The Labute approximate surface area is 155 Å². The quantitative estimate of drug-likeness (QED) is 0.772. The zero-order valence-corrected chi connectivity index (χ0v) is 16.1. The molecule has 0 unspecified atom stereocenters. The van der Waals surface area contributed by atoms with Crippen molar-refractivity contribution in [3.05, 3.63) is 35.2 Å². The first-order chi connectivity index (χ1) is 12.7. The molecule has 0 spiro atoms. The first kappa shape index (κ1) is 18.6. The van der Waals surface area contributed by atoms with Gasteiger partial charge in [-0.3, -0.25) is 4.90 Å². The molecule has 2 heterocycles. The van der Waals surface area contributed by atoms with Crippen molar-refractivity contribution in [2.45, 2.75) is 45.2 Å². The van der Waals surface area contributed by atoms with Crippen molar-refractivity contribution in [1.82, 2.24) is 10.1 Å². The van der Waals surface area contributed by atoms with E-state index in [2.05, 4.69) is 16.1 Å². The lowest BCUT2D eigenvalue weighted by molar-refractivity contribution is 0.158. The highest BCUT2D eigenvalue weighted by atomic mass is 16.5. The van der Waals surface area contributed by atoms with Crippen LogP contribution in [0.4, 0.5) is 0 Å². The first-order valence-corrected chi connectivity index (χ1v) is 9.12. The maximum Gasteiger partial charge on any atom is 0.164 e. The summed E-state index contributed by atoms with van der Waals surface area (Å²) in [6.07, 6.45) is 4.69. The van der Waals surface area contributed by atoms with E-state index in [1.807, 2.05) is 19.1 Å². The molecule has 0 saturated carbocycles. The number of hydrogen-bond donors (Lipinski definition) is 0. The molecule has 1 aromatic heterocycles. The molecule has 6 heteroatoms. The lowest BCUT2D eigenvalue weighted by Crippen LogP contribution is -2.28. The number of methoxy groups -OCH3 is 3. The van der Waals surface area contributed by atoms with Gasteiger partial charge < -0.3 is 18.7 Å². The van der Waals surface area contributed by atoms with Gasteiger partial charge in [0.1, 0.15) is 5.75 Å². The minimum absolute atomic E-state index is 0.233. The molecule has 1 aromatic carbocycles. The third kappa shape index (κ3) is 3.96. The lowest BCUT2D eigenvalue weighted by atomic mass is 10.1. The second-order valence-corrected chi connectivity index (χ2v) is 6.73. The van der Waals surface area contributed by atoms with Crippen LogP contribution in [-0.2, 0) is 6.54 Å².